The van der Waals surface area contributed by atoms with Crippen molar-refractivity contribution in [3.8, 4) is 5.75 Å². The zero-order valence-electron chi connectivity index (χ0n) is 23.5. The van der Waals surface area contributed by atoms with Crippen LogP contribution in [-0.2, 0) is 32.6 Å². The summed E-state index contributed by atoms with van der Waals surface area (Å²) in [5.74, 6) is -1.91. The lowest BCUT2D eigenvalue weighted by Crippen LogP contribution is -2.48. The first-order valence-electron chi connectivity index (χ1n) is 13.9. The average molecular weight is 610 g/mol. The zero-order chi connectivity index (χ0) is 30.3. The smallest absolute Gasteiger partial charge is 0.487 e. The number of rotatable bonds is 6. The number of hydrogen-bond acceptors (Lipinski definition) is 7. The Morgan fingerprint density at radius 1 is 0.976 bits per heavy atom. The molecule has 5 rings (SSSR count). The van der Waals surface area contributed by atoms with E-state index in [1.54, 1.807) is 4.90 Å². The summed E-state index contributed by atoms with van der Waals surface area (Å²) in [6.45, 7) is 8.20. The number of likely N-dealkylation sites (tertiary alicyclic amines) is 2. The van der Waals surface area contributed by atoms with Gasteiger partial charge in [-0.15, -0.1) is 0 Å². The van der Waals surface area contributed by atoms with Crippen LogP contribution < -0.4 is 9.62 Å². The molecule has 0 unspecified atom stereocenters. The normalized spacial score (nSPS) is 20.2. The van der Waals surface area contributed by atoms with Crippen LogP contribution in [-0.4, -0.2) is 68.1 Å². The van der Waals surface area contributed by atoms with E-state index in [0.29, 0.717) is 13.1 Å². The molecular formula is C29H34F3N3O6S. The highest BCUT2D eigenvalue weighted by molar-refractivity contribution is 7.89. The van der Waals surface area contributed by atoms with Crippen LogP contribution in [0, 0.1) is 5.41 Å². The van der Waals surface area contributed by atoms with Crippen LogP contribution >= 0.6 is 0 Å². The van der Waals surface area contributed by atoms with Crippen molar-refractivity contribution in [2.24, 2.45) is 5.41 Å². The topological polar surface area (TPSA) is 105 Å². The lowest BCUT2D eigenvalue weighted by Gasteiger charge is -2.47. The number of amides is 1. The van der Waals surface area contributed by atoms with E-state index in [1.807, 2.05) is 0 Å². The molecule has 2 aromatic carbocycles. The van der Waals surface area contributed by atoms with Crippen LogP contribution in [0.4, 0.5) is 13.2 Å². The second kappa shape index (κ2) is 11.2. The number of ether oxygens (including phenoxy) is 1. The molecule has 1 spiro atoms. The number of alkyl halides is 3. The Hall–Kier alpha value is -3.16. The maximum Gasteiger partial charge on any atom is 0.492 e. The van der Waals surface area contributed by atoms with Gasteiger partial charge in [-0.3, -0.25) is 9.69 Å². The molecule has 2 fully saturated rings. The Morgan fingerprint density at radius 3 is 2.21 bits per heavy atom. The molecule has 1 N–H and O–H groups in total. The predicted molar refractivity (Wildman–Crippen MR) is 146 cm³/mol. The van der Waals surface area contributed by atoms with Gasteiger partial charge in [0, 0.05) is 37.2 Å². The van der Waals surface area contributed by atoms with Crippen molar-refractivity contribution in [2.75, 3.05) is 26.2 Å². The highest BCUT2D eigenvalue weighted by Crippen LogP contribution is 2.43. The van der Waals surface area contributed by atoms with E-state index < -0.39 is 27.1 Å². The third kappa shape index (κ3) is 6.57. The molecule has 0 aromatic heterocycles. The minimum absolute atomic E-state index is 0.178. The molecule has 42 heavy (non-hydrogen) atoms. The Labute approximate surface area is 243 Å². The number of halogens is 3. The van der Waals surface area contributed by atoms with Crippen molar-refractivity contribution in [2.45, 2.75) is 69.2 Å². The van der Waals surface area contributed by atoms with Gasteiger partial charge in [-0.1, -0.05) is 18.2 Å². The average Bonchev–Trinajstić information content (AvgIpc) is 3.27. The maximum absolute atomic E-state index is 13.1. The van der Waals surface area contributed by atoms with E-state index in [0.717, 1.165) is 74.5 Å². The molecule has 1 amide bonds. The number of carbonyl (C=O) groups is 2. The van der Waals surface area contributed by atoms with E-state index in [1.165, 1.54) is 23.3 Å². The van der Waals surface area contributed by atoms with Gasteiger partial charge in [-0.2, -0.15) is 13.2 Å². The summed E-state index contributed by atoms with van der Waals surface area (Å²) in [6.07, 6.45) is -0.573. The van der Waals surface area contributed by atoms with Gasteiger partial charge in [0.25, 0.3) is 15.9 Å². The first-order chi connectivity index (χ1) is 19.7. The van der Waals surface area contributed by atoms with Crippen LogP contribution in [0.15, 0.2) is 47.4 Å². The Balaban J connectivity index is 1.12. The monoisotopic (exact) mass is 609 g/mol. The second-order valence-electron chi connectivity index (χ2n) is 12.0. The van der Waals surface area contributed by atoms with Crippen molar-refractivity contribution >= 4 is 21.9 Å². The van der Waals surface area contributed by atoms with Gasteiger partial charge >= 0.3 is 12.1 Å². The molecule has 0 aliphatic carbocycles. The molecule has 3 aliphatic heterocycles. The lowest BCUT2D eigenvalue weighted by atomic mass is 9.71. The van der Waals surface area contributed by atoms with Gasteiger partial charge in [0.1, 0.15) is 11.4 Å². The molecule has 9 nitrogen and oxygen atoms in total. The first-order valence-corrected chi connectivity index (χ1v) is 15.4. The summed E-state index contributed by atoms with van der Waals surface area (Å²) < 4.78 is 67.4. The van der Waals surface area contributed by atoms with Crippen molar-refractivity contribution in [1.29, 1.82) is 0 Å². The Kier molecular flexibility index (Phi) is 8.05. The third-order valence-electron chi connectivity index (χ3n) is 8.48. The van der Waals surface area contributed by atoms with Gasteiger partial charge in [0.2, 0.25) is 0 Å². The molecule has 0 atom stereocenters. The second-order valence-corrected chi connectivity index (χ2v) is 13.7. The van der Waals surface area contributed by atoms with Crippen molar-refractivity contribution in [1.82, 2.24) is 14.7 Å². The molecule has 3 heterocycles. The number of nitrogens with one attached hydrogen (secondary N) is 1. The Morgan fingerprint density at radius 2 is 1.60 bits per heavy atom. The van der Waals surface area contributed by atoms with Gasteiger partial charge in [-0.25, -0.2) is 13.2 Å². The first kappa shape index (κ1) is 30.3. The molecule has 3 aliphatic rings. The summed E-state index contributed by atoms with van der Waals surface area (Å²) in [6, 6.07) is 11.1. The van der Waals surface area contributed by atoms with E-state index in [-0.39, 0.29) is 22.5 Å². The van der Waals surface area contributed by atoms with E-state index in [4.69, 9.17) is 4.74 Å². The number of nitrogens with zero attached hydrogens (tertiary/aromatic N) is 2. The van der Waals surface area contributed by atoms with Gasteiger partial charge in [0.15, 0.2) is 0 Å². The lowest BCUT2D eigenvalue weighted by molar-refractivity contribution is -0.203. The standard InChI is InChI=1S/C29H34F3N3O6S/c1-27(2)18-21-4-3-5-22(24(21)40-27)19-34-14-10-28(11-15-34)12-16-35(17-13-28)25(36)20-6-8-23(9-7-20)42(38,39)33-41-26(37)29(30,31)32/h3-9,33H,10-19H2,1-2H3. The summed E-state index contributed by atoms with van der Waals surface area (Å²) in [4.78, 5) is 32.4. The fraction of sp³-hybridized carbons (Fsp3) is 0.517. The number of sulfonamides is 1. The van der Waals surface area contributed by atoms with Crippen LogP contribution in [0.2, 0.25) is 0 Å². The van der Waals surface area contributed by atoms with Crippen molar-refractivity contribution in [3.63, 3.8) is 0 Å². The van der Waals surface area contributed by atoms with Crippen molar-refractivity contribution < 1.29 is 40.8 Å². The van der Waals surface area contributed by atoms with E-state index >= 15 is 0 Å². The van der Waals surface area contributed by atoms with Crippen molar-refractivity contribution in [3.05, 3.63) is 59.2 Å². The number of carbonyl (C=O) groups excluding carboxylic acids is 2. The molecular weight excluding hydrogens is 575 g/mol. The van der Waals surface area contributed by atoms with Gasteiger partial charge in [-0.05, 0) is 92.7 Å². The van der Waals surface area contributed by atoms with Crippen LogP contribution in [0.1, 0.15) is 61.0 Å². The SMILES string of the molecule is CC1(C)Cc2cccc(CN3CCC4(CC3)CCN(C(=O)c3ccc(S(=O)(=O)NOC(=O)C(F)(F)F)cc3)CC4)c2O1. The molecule has 0 saturated carbocycles. The number of para-hydroxylation sites is 1. The maximum atomic E-state index is 13.1. The molecule has 2 saturated heterocycles. The summed E-state index contributed by atoms with van der Waals surface area (Å²) >= 11 is 0. The molecule has 13 heteroatoms. The van der Waals surface area contributed by atoms with E-state index in [9.17, 15) is 31.2 Å². The van der Waals surface area contributed by atoms with Crippen LogP contribution in [0.5, 0.6) is 5.75 Å². The van der Waals surface area contributed by atoms with Gasteiger partial charge in [0.05, 0.1) is 4.90 Å². The number of fused-ring (bicyclic) bond motifs is 1. The van der Waals surface area contributed by atoms with Gasteiger partial charge < -0.3 is 14.5 Å². The fourth-order valence-corrected chi connectivity index (χ4v) is 6.85. The largest absolute Gasteiger partial charge is 0.492 e. The highest BCUT2D eigenvalue weighted by atomic mass is 32.2. The fourth-order valence-electron chi connectivity index (χ4n) is 6.07. The highest BCUT2D eigenvalue weighted by Gasteiger charge is 2.42. The summed E-state index contributed by atoms with van der Waals surface area (Å²) in [5.41, 5.74) is 2.76. The van der Waals surface area contributed by atoms with E-state index in [2.05, 4.69) is 41.8 Å². The zero-order valence-corrected chi connectivity index (χ0v) is 24.3. The Bertz CT molecular complexity index is 1440. The van der Waals surface area contributed by atoms with Crippen LogP contribution in [0.3, 0.4) is 0 Å². The minimum Gasteiger partial charge on any atom is -0.487 e. The summed E-state index contributed by atoms with van der Waals surface area (Å²) in [7, 11) is -4.56. The predicted octanol–water partition coefficient (Wildman–Crippen LogP) is 4.22. The number of benzene rings is 2. The van der Waals surface area contributed by atoms with Crippen LogP contribution in [0.25, 0.3) is 0 Å². The quantitative estimate of drug-likeness (QED) is 0.489. The molecule has 228 valence electrons. The number of piperidine rings is 2. The summed E-state index contributed by atoms with van der Waals surface area (Å²) in [5, 5.41) is 0. The molecule has 0 radical (unpaired) electrons. The third-order valence-corrected chi connectivity index (χ3v) is 9.68. The number of hydrogen-bond donors (Lipinski definition) is 1. The molecule has 2 aromatic rings. The molecule has 0 bridgehead atoms. The minimum atomic E-state index is -5.35.